The lowest BCUT2D eigenvalue weighted by Gasteiger charge is -2.61. The Balaban J connectivity index is 2.21. The minimum Gasteiger partial charge on any atom is -0.460 e. The zero-order valence-electron chi connectivity index (χ0n) is 17.0. The van der Waals surface area contributed by atoms with Gasteiger partial charge in [0.05, 0.1) is 6.10 Å². The third-order valence-corrected chi connectivity index (χ3v) is 8.70. The third kappa shape index (κ3) is 2.72. The van der Waals surface area contributed by atoms with Crippen molar-refractivity contribution in [2.24, 2.45) is 34.0 Å². The van der Waals surface area contributed by atoms with Crippen molar-refractivity contribution in [3.63, 3.8) is 0 Å². The van der Waals surface area contributed by atoms with Crippen LogP contribution in [0.4, 0.5) is 0 Å². The van der Waals surface area contributed by atoms with Crippen molar-refractivity contribution < 1.29 is 24.5 Å². The predicted octanol–water partition coefficient (Wildman–Crippen LogP) is 2.89. The second-order valence-electron chi connectivity index (χ2n) is 9.72. The molecule has 27 heavy (non-hydrogen) atoms. The van der Waals surface area contributed by atoms with Gasteiger partial charge < -0.3 is 14.9 Å². The Morgan fingerprint density at radius 3 is 2.59 bits per heavy atom. The van der Waals surface area contributed by atoms with Crippen molar-refractivity contribution in [3.8, 4) is 0 Å². The summed E-state index contributed by atoms with van der Waals surface area (Å²) in [6.07, 6.45) is 4.10. The summed E-state index contributed by atoms with van der Waals surface area (Å²) in [7, 11) is 0. The molecular formula is C22H34O5. The molecule has 5 heteroatoms. The zero-order valence-corrected chi connectivity index (χ0v) is 17.0. The summed E-state index contributed by atoms with van der Waals surface area (Å²) in [5.74, 6) is -0.520. The molecule has 3 saturated carbocycles. The summed E-state index contributed by atoms with van der Waals surface area (Å²) in [5.41, 5.74) is -1.43. The first kappa shape index (κ1) is 20.5. The molecule has 0 heterocycles. The highest BCUT2D eigenvalue weighted by Gasteiger charge is 2.68. The quantitative estimate of drug-likeness (QED) is 0.583. The second-order valence-corrected chi connectivity index (χ2v) is 9.72. The number of carbonyl (C=O) groups excluding carboxylic acids is 2. The Kier molecular flexibility index (Phi) is 5.09. The molecule has 2 bridgehead atoms. The number of aliphatic hydroxyl groups excluding tert-OH is 2. The fourth-order valence-corrected chi connectivity index (χ4v) is 6.70. The number of ketones is 1. The van der Waals surface area contributed by atoms with Gasteiger partial charge in [-0.1, -0.05) is 33.8 Å². The molecular weight excluding hydrogens is 344 g/mol. The molecule has 8 atom stereocenters. The Bertz CT molecular complexity index is 645. The molecule has 5 nitrogen and oxygen atoms in total. The van der Waals surface area contributed by atoms with E-state index in [1.165, 1.54) is 0 Å². The molecule has 3 aliphatic carbocycles. The number of aliphatic hydroxyl groups is 2. The van der Waals surface area contributed by atoms with Crippen LogP contribution in [0.25, 0.3) is 0 Å². The predicted molar refractivity (Wildman–Crippen MR) is 102 cm³/mol. The summed E-state index contributed by atoms with van der Waals surface area (Å²) in [5, 5.41) is 20.6. The van der Waals surface area contributed by atoms with Crippen molar-refractivity contribution in [3.05, 3.63) is 12.7 Å². The number of esters is 1. The van der Waals surface area contributed by atoms with Gasteiger partial charge in [0.25, 0.3) is 0 Å². The highest BCUT2D eigenvalue weighted by Crippen LogP contribution is 2.67. The molecule has 3 fully saturated rings. The van der Waals surface area contributed by atoms with Crippen LogP contribution in [0.2, 0.25) is 0 Å². The highest BCUT2D eigenvalue weighted by molar-refractivity contribution is 5.85. The number of hydrogen-bond acceptors (Lipinski definition) is 5. The van der Waals surface area contributed by atoms with E-state index in [0.717, 1.165) is 19.3 Å². The zero-order chi connectivity index (χ0) is 20.2. The maximum Gasteiger partial charge on any atom is 0.332 e. The minimum absolute atomic E-state index is 0.0433. The molecule has 2 N–H and O–H groups in total. The molecule has 0 spiro atoms. The average molecular weight is 379 g/mol. The summed E-state index contributed by atoms with van der Waals surface area (Å²) in [6, 6.07) is 0. The molecule has 0 unspecified atom stereocenters. The minimum atomic E-state index is -0.686. The molecule has 0 aromatic heterocycles. The lowest BCUT2D eigenvalue weighted by atomic mass is 9.44. The van der Waals surface area contributed by atoms with Crippen LogP contribution in [-0.4, -0.2) is 40.8 Å². The molecule has 3 aliphatic rings. The van der Waals surface area contributed by atoms with Crippen molar-refractivity contribution >= 4 is 11.8 Å². The van der Waals surface area contributed by atoms with Gasteiger partial charge in [0, 0.05) is 23.2 Å². The topological polar surface area (TPSA) is 83.8 Å². The smallest absolute Gasteiger partial charge is 0.332 e. The van der Waals surface area contributed by atoms with Crippen molar-refractivity contribution in [1.82, 2.24) is 0 Å². The van der Waals surface area contributed by atoms with Gasteiger partial charge in [-0.25, -0.2) is 4.79 Å². The number of hydrogen-bond donors (Lipinski definition) is 2. The van der Waals surface area contributed by atoms with E-state index in [-0.39, 0.29) is 29.0 Å². The van der Waals surface area contributed by atoms with Gasteiger partial charge in [-0.05, 0) is 42.9 Å². The van der Waals surface area contributed by atoms with Gasteiger partial charge in [-0.3, -0.25) is 4.79 Å². The Morgan fingerprint density at radius 2 is 2.00 bits per heavy atom. The van der Waals surface area contributed by atoms with E-state index >= 15 is 0 Å². The summed E-state index contributed by atoms with van der Waals surface area (Å²) >= 11 is 0. The second kappa shape index (κ2) is 6.70. The van der Waals surface area contributed by atoms with Crippen LogP contribution in [0.3, 0.4) is 0 Å². The highest BCUT2D eigenvalue weighted by atomic mass is 16.6. The fourth-order valence-electron chi connectivity index (χ4n) is 6.70. The maximum absolute atomic E-state index is 13.1. The van der Waals surface area contributed by atoms with Crippen LogP contribution in [0, 0.1) is 34.0 Å². The normalized spacial score (nSPS) is 49.7. The van der Waals surface area contributed by atoms with E-state index in [2.05, 4.69) is 27.4 Å². The maximum atomic E-state index is 13.1. The van der Waals surface area contributed by atoms with Crippen LogP contribution < -0.4 is 0 Å². The van der Waals surface area contributed by atoms with E-state index in [1.54, 1.807) is 6.08 Å². The number of Topliss-reactive ketones (excluding diaryl/α,β-unsaturated/α-hetero) is 1. The first-order valence-electron chi connectivity index (χ1n) is 10.2. The van der Waals surface area contributed by atoms with Gasteiger partial charge in [-0.15, -0.1) is 6.58 Å². The van der Waals surface area contributed by atoms with Crippen LogP contribution in [0.1, 0.15) is 59.8 Å². The monoisotopic (exact) mass is 378 g/mol. The average Bonchev–Trinajstić information content (AvgIpc) is 3.00. The summed E-state index contributed by atoms with van der Waals surface area (Å²) in [4.78, 5) is 25.2. The van der Waals surface area contributed by atoms with Crippen molar-refractivity contribution in [1.29, 1.82) is 0 Å². The molecule has 3 rings (SSSR count). The van der Waals surface area contributed by atoms with Crippen molar-refractivity contribution in [2.45, 2.75) is 72.0 Å². The molecule has 0 saturated heterocycles. The lowest BCUT2D eigenvalue weighted by Crippen LogP contribution is -2.63. The Morgan fingerprint density at radius 1 is 1.33 bits per heavy atom. The van der Waals surface area contributed by atoms with Crippen molar-refractivity contribution in [2.75, 3.05) is 6.61 Å². The van der Waals surface area contributed by atoms with Crippen LogP contribution in [0.5, 0.6) is 0 Å². The fraction of sp³-hybridized carbons (Fsp3) is 0.818. The van der Waals surface area contributed by atoms with Gasteiger partial charge in [-0.2, -0.15) is 0 Å². The molecule has 0 aromatic carbocycles. The van der Waals surface area contributed by atoms with Gasteiger partial charge in [0.1, 0.15) is 18.5 Å². The van der Waals surface area contributed by atoms with Crippen LogP contribution >= 0.6 is 0 Å². The Labute approximate surface area is 162 Å². The van der Waals surface area contributed by atoms with Gasteiger partial charge in [0.2, 0.25) is 0 Å². The largest absolute Gasteiger partial charge is 0.460 e. The van der Waals surface area contributed by atoms with E-state index in [4.69, 9.17) is 4.74 Å². The lowest BCUT2D eigenvalue weighted by molar-refractivity contribution is -0.207. The molecule has 0 radical (unpaired) electrons. The molecule has 0 amide bonds. The van der Waals surface area contributed by atoms with E-state index < -0.39 is 35.6 Å². The molecule has 152 valence electrons. The number of carbonyl (C=O) groups is 2. The summed E-state index contributed by atoms with van der Waals surface area (Å²) < 4.78 is 5.77. The van der Waals surface area contributed by atoms with Crippen LogP contribution in [0.15, 0.2) is 12.7 Å². The Hall–Kier alpha value is -1.20. The van der Waals surface area contributed by atoms with E-state index in [1.807, 2.05) is 6.92 Å². The number of ether oxygens (including phenoxy) is 1. The first-order valence-corrected chi connectivity index (χ1v) is 10.2. The molecule has 0 aromatic rings. The van der Waals surface area contributed by atoms with Gasteiger partial charge in [0.15, 0.2) is 0 Å². The van der Waals surface area contributed by atoms with Gasteiger partial charge >= 0.3 is 5.97 Å². The van der Waals surface area contributed by atoms with E-state index in [9.17, 15) is 19.8 Å². The standard InChI is InChI=1S/C22H34O5/c1-6-20(4)11-16(27-17(25)12-23)21(5)13(2)7-9-22(14(3)19(20)26)10-8-15(24)18(21)22/h6,13-14,16,18-19,23,26H,1,7-12H2,2-5H3/t13-,14+,16-,18-,19-,20-,21+,22+/m1/s1. The SMILES string of the molecule is C=C[C@]1(C)C[C@@H](OC(=O)CO)[C@]2(C)[C@H](C)CC[C@]3(CCC(=O)[C@@H]32)[C@@H](C)[C@H]1O. The summed E-state index contributed by atoms with van der Waals surface area (Å²) in [6.45, 7) is 11.5. The third-order valence-electron chi connectivity index (χ3n) is 8.70. The molecule has 0 aliphatic heterocycles. The number of rotatable bonds is 3. The first-order chi connectivity index (χ1) is 12.6. The van der Waals surface area contributed by atoms with Crippen LogP contribution in [-0.2, 0) is 14.3 Å². The van der Waals surface area contributed by atoms with E-state index in [0.29, 0.717) is 12.8 Å².